The smallest absolute Gasteiger partial charge is 0.00259 e. The van der Waals surface area contributed by atoms with Crippen molar-refractivity contribution < 1.29 is 0 Å². The van der Waals surface area contributed by atoms with Crippen LogP contribution < -0.4 is 0 Å². The molecule has 23 rings (SSSR count). The van der Waals surface area contributed by atoms with Gasteiger partial charge in [-0.15, -0.1) is 0 Å². The van der Waals surface area contributed by atoms with E-state index < -0.39 is 0 Å². The zero-order valence-corrected chi connectivity index (χ0v) is 65.0. The first-order valence-corrected chi connectivity index (χ1v) is 40.8. The minimum absolute atomic E-state index is 1.22. The summed E-state index contributed by atoms with van der Waals surface area (Å²) in [4.78, 5) is 0. The minimum Gasteiger partial charge on any atom is -0.0622 e. The molecular weight excluding hydrogens is 1420 g/mol. The van der Waals surface area contributed by atoms with E-state index >= 15 is 0 Å². The zero-order valence-electron chi connectivity index (χ0n) is 65.0. The predicted molar refractivity (Wildman–Crippen MR) is 509 cm³/mol. The van der Waals surface area contributed by atoms with E-state index in [4.69, 9.17) is 0 Å². The SMILES string of the molecule is c1ccc(-c2cc(-c3ccccc3)cc(-c3c4ccccc4c(-c4ccc5ccccc5c4)c4ccccc34)c2)cc1.c1ccc(-c2ccc(-c3c4ccccc4c(-c4ccc5ccccc5c4)c4ccccc34)cc2)cc1.c1ccc2cc(-c3c4ccccc4c(-c4ccc(-c5cccc6ccccc56)cc4)c4ccccc34)ccc2c1. The molecule has 0 N–H and O–H groups in total. The lowest BCUT2D eigenvalue weighted by Gasteiger charge is -2.19. The Morgan fingerprint density at radius 1 is 0.0847 bits per heavy atom. The van der Waals surface area contributed by atoms with Crippen molar-refractivity contribution in [2.24, 2.45) is 0 Å². The van der Waals surface area contributed by atoms with Crippen LogP contribution in [0.5, 0.6) is 0 Å². The van der Waals surface area contributed by atoms with Gasteiger partial charge in [0.05, 0.1) is 0 Å². The van der Waals surface area contributed by atoms with E-state index in [1.165, 1.54) is 219 Å². The molecule has 0 fully saturated rings. The summed E-state index contributed by atoms with van der Waals surface area (Å²) < 4.78 is 0. The highest BCUT2D eigenvalue weighted by Crippen LogP contribution is 2.50. The third-order valence-corrected chi connectivity index (χ3v) is 23.9. The Balaban J connectivity index is 0.000000110. The maximum atomic E-state index is 2.37. The number of hydrogen-bond acceptors (Lipinski definition) is 0. The maximum absolute atomic E-state index is 2.37. The van der Waals surface area contributed by atoms with Crippen LogP contribution in [0.25, 0.3) is 219 Å². The summed E-state index contributed by atoms with van der Waals surface area (Å²) in [6.45, 7) is 0. The van der Waals surface area contributed by atoms with Gasteiger partial charge in [-0.05, 0) is 255 Å². The van der Waals surface area contributed by atoms with Crippen LogP contribution in [0.1, 0.15) is 0 Å². The highest BCUT2D eigenvalue weighted by atomic mass is 14.3. The van der Waals surface area contributed by atoms with Crippen molar-refractivity contribution >= 4 is 108 Å². The quantitative estimate of drug-likeness (QED) is 0.120. The van der Waals surface area contributed by atoms with Crippen LogP contribution in [0, 0.1) is 0 Å². The van der Waals surface area contributed by atoms with Gasteiger partial charge < -0.3 is 0 Å². The van der Waals surface area contributed by atoms with Crippen molar-refractivity contribution in [1.82, 2.24) is 0 Å². The Morgan fingerprint density at radius 3 is 0.610 bits per heavy atom. The normalized spacial score (nSPS) is 11.4. The standard InChI is InChI=1S/C42H28.C40H26.C36H24/c1-3-13-29(14-4-1)34-26-35(30-15-5-2-6-16-30)28-36(27-34)42-39-21-11-9-19-37(39)41(38-20-10-12-22-40(38)42)33-24-23-31-17-7-8-18-32(31)25-33;1-2-12-31-26-32(25-20-27(31)10-1)40-37-17-7-5-15-35(37)39(36-16-6-8-18-38(36)40)30-23-21-29(22-24-30)34-19-9-13-28-11-3-4-14-33(28)34;1-2-10-25(11-3-1)27-18-21-28(22-19-27)35-31-14-6-8-16-33(31)36(34-17-9-7-15-32(34)35)30-23-20-26-12-4-5-13-29(26)24-30/h1-28H;1-26H;1-24H. The van der Waals surface area contributed by atoms with Crippen LogP contribution in [0.3, 0.4) is 0 Å². The van der Waals surface area contributed by atoms with E-state index in [1.807, 2.05) is 0 Å². The minimum atomic E-state index is 1.22. The van der Waals surface area contributed by atoms with Crippen molar-refractivity contribution in [3.05, 3.63) is 473 Å². The second-order valence-corrected chi connectivity index (χ2v) is 30.8. The third kappa shape index (κ3) is 13.2. The fourth-order valence-electron chi connectivity index (χ4n) is 18.4. The molecule has 0 aliphatic carbocycles. The summed E-state index contributed by atoms with van der Waals surface area (Å²) in [6, 6.07) is 172. The molecule has 0 aliphatic rings. The van der Waals surface area contributed by atoms with Gasteiger partial charge in [-0.3, -0.25) is 0 Å². The van der Waals surface area contributed by atoms with Crippen LogP contribution >= 0.6 is 0 Å². The highest BCUT2D eigenvalue weighted by molar-refractivity contribution is 6.25. The van der Waals surface area contributed by atoms with Crippen LogP contribution in [-0.2, 0) is 0 Å². The van der Waals surface area contributed by atoms with Crippen LogP contribution in [0.4, 0.5) is 0 Å². The molecule has 0 heteroatoms. The van der Waals surface area contributed by atoms with Gasteiger partial charge >= 0.3 is 0 Å². The lowest BCUT2D eigenvalue weighted by atomic mass is 9.84. The molecule has 0 bridgehead atoms. The van der Waals surface area contributed by atoms with Crippen molar-refractivity contribution in [2.75, 3.05) is 0 Å². The van der Waals surface area contributed by atoms with Crippen molar-refractivity contribution in [3.8, 4) is 111 Å². The van der Waals surface area contributed by atoms with Gasteiger partial charge in [0, 0.05) is 0 Å². The number of benzene rings is 23. The maximum Gasteiger partial charge on any atom is -0.00259 e. The van der Waals surface area contributed by atoms with E-state index in [1.54, 1.807) is 0 Å². The molecule has 0 aliphatic heterocycles. The lowest BCUT2D eigenvalue weighted by molar-refractivity contribution is 1.58. The van der Waals surface area contributed by atoms with E-state index in [-0.39, 0.29) is 0 Å². The van der Waals surface area contributed by atoms with Crippen molar-refractivity contribution in [2.45, 2.75) is 0 Å². The second kappa shape index (κ2) is 30.9. The monoisotopic (exact) mass is 1490 g/mol. The van der Waals surface area contributed by atoms with Crippen LogP contribution in [0.2, 0.25) is 0 Å². The van der Waals surface area contributed by atoms with E-state index in [2.05, 4.69) is 473 Å². The summed E-state index contributed by atoms with van der Waals surface area (Å²) in [5.41, 5.74) is 25.1. The number of fused-ring (bicyclic) bond motifs is 10. The van der Waals surface area contributed by atoms with E-state index in [0.717, 1.165) is 0 Å². The van der Waals surface area contributed by atoms with E-state index in [9.17, 15) is 0 Å². The van der Waals surface area contributed by atoms with Crippen molar-refractivity contribution in [1.29, 1.82) is 0 Å². The summed E-state index contributed by atoms with van der Waals surface area (Å²) >= 11 is 0. The molecule has 0 nitrogen and oxygen atoms in total. The molecule has 0 spiro atoms. The van der Waals surface area contributed by atoms with Crippen LogP contribution in [-0.4, -0.2) is 0 Å². The highest BCUT2D eigenvalue weighted by Gasteiger charge is 2.22. The Morgan fingerprint density at radius 2 is 0.288 bits per heavy atom. The summed E-state index contributed by atoms with van der Waals surface area (Å²) in [7, 11) is 0. The third-order valence-electron chi connectivity index (χ3n) is 23.9. The number of hydrogen-bond donors (Lipinski definition) is 0. The molecule has 0 heterocycles. The van der Waals surface area contributed by atoms with E-state index in [0.29, 0.717) is 0 Å². The Kier molecular flexibility index (Phi) is 18.4. The molecule has 0 amide bonds. The Labute approximate surface area is 687 Å². The fourth-order valence-corrected chi connectivity index (χ4v) is 18.4. The molecule has 0 atom stereocenters. The first kappa shape index (κ1) is 70.5. The fraction of sp³-hybridized carbons (Fsp3) is 0. The predicted octanol–water partition coefficient (Wildman–Crippen LogP) is 33.3. The molecule has 0 saturated carbocycles. The van der Waals surface area contributed by atoms with Gasteiger partial charge in [0.2, 0.25) is 0 Å². The molecule has 23 aromatic rings. The second-order valence-electron chi connectivity index (χ2n) is 30.8. The molecule has 0 aromatic heterocycles. The van der Waals surface area contributed by atoms with Crippen LogP contribution in [0.15, 0.2) is 473 Å². The summed E-state index contributed by atoms with van der Waals surface area (Å²) in [5, 5.41) is 25.5. The average molecular weight is 1500 g/mol. The largest absolute Gasteiger partial charge is 0.0622 e. The molecule has 0 unspecified atom stereocenters. The summed E-state index contributed by atoms with van der Waals surface area (Å²) in [5.74, 6) is 0. The average Bonchev–Trinajstić information content (AvgIpc) is 0.742. The first-order chi connectivity index (χ1) is 58.5. The van der Waals surface area contributed by atoms with Gasteiger partial charge in [-0.2, -0.15) is 0 Å². The van der Waals surface area contributed by atoms with Gasteiger partial charge in [-0.1, -0.05) is 437 Å². The topological polar surface area (TPSA) is 0 Å². The molecule has 23 aromatic carbocycles. The van der Waals surface area contributed by atoms with Gasteiger partial charge in [0.25, 0.3) is 0 Å². The molecule has 0 radical (unpaired) electrons. The number of rotatable bonds is 10. The molecular formula is C118H78. The van der Waals surface area contributed by atoms with Crippen molar-refractivity contribution in [3.63, 3.8) is 0 Å². The van der Waals surface area contributed by atoms with Gasteiger partial charge in [-0.25, -0.2) is 0 Å². The molecule has 0 saturated heterocycles. The van der Waals surface area contributed by atoms with Gasteiger partial charge in [0.15, 0.2) is 0 Å². The first-order valence-electron chi connectivity index (χ1n) is 40.8. The summed E-state index contributed by atoms with van der Waals surface area (Å²) in [6.07, 6.45) is 0. The molecule has 550 valence electrons. The zero-order chi connectivity index (χ0) is 78.2. The Bertz CT molecular complexity index is 7520. The Hall–Kier alpha value is -15.3. The molecule has 118 heavy (non-hydrogen) atoms. The van der Waals surface area contributed by atoms with Gasteiger partial charge in [0.1, 0.15) is 0 Å². The lowest BCUT2D eigenvalue weighted by Crippen LogP contribution is -1.92.